The maximum absolute atomic E-state index is 9.74. The zero-order valence-corrected chi connectivity index (χ0v) is 11.5. The number of benzene rings is 1. The molecule has 0 saturated carbocycles. The minimum Gasteiger partial charge on any atom is -0.389 e. The fourth-order valence-corrected chi connectivity index (χ4v) is 2.13. The minimum absolute atomic E-state index is 0.468. The van der Waals surface area contributed by atoms with Crippen LogP contribution in [0.1, 0.15) is 37.6 Å². The number of hydrogen-bond donors (Lipinski definition) is 2. The van der Waals surface area contributed by atoms with Crippen molar-refractivity contribution in [1.82, 2.24) is 9.78 Å². The van der Waals surface area contributed by atoms with Crippen molar-refractivity contribution in [2.45, 2.75) is 39.5 Å². The molecule has 0 amide bonds. The van der Waals surface area contributed by atoms with E-state index in [2.05, 4.69) is 17.3 Å². The fraction of sp³-hybridized carbons (Fsp3) is 0.400. The molecule has 0 fully saturated rings. The molecule has 0 radical (unpaired) electrons. The van der Waals surface area contributed by atoms with Gasteiger partial charge in [0.1, 0.15) is 0 Å². The molecule has 1 heterocycles. The number of rotatable bonds is 6. The number of para-hydroxylation sites is 1. The third kappa shape index (κ3) is 3.35. The van der Waals surface area contributed by atoms with Gasteiger partial charge in [0.2, 0.25) is 0 Å². The molecule has 0 aliphatic heterocycles. The van der Waals surface area contributed by atoms with E-state index in [-0.39, 0.29) is 0 Å². The molecule has 1 aromatic carbocycles. The third-order valence-electron chi connectivity index (χ3n) is 3.11. The number of nitrogens with zero attached hydrogens (tertiary/aromatic N) is 2. The second-order valence-corrected chi connectivity index (χ2v) is 4.66. The van der Waals surface area contributed by atoms with Crippen LogP contribution in [0.25, 0.3) is 0 Å². The first-order valence-corrected chi connectivity index (χ1v) is 6.74. The average molecular weight is 259 g/mol. The number of aliphatic hydroxyl groups excluding tert-OH is 1. The smallest absolute Gasteiger partial charge is 0.0781 e. The van der Waals surface area contributed by atoms with Crippen molar-refractivity contribution in [2.75, 3.05) is 5.32 Å². The van der Waals surface area contributed by atoms with E-state index in [0.29, 0.717) is 6.54 Å². The highest BCUT2D eigenvalue weighted by Gasteiger charge is 2.07. The van der Waals surface area contributed by atoms with Gasteiger partial charge >= 0.3 is 0 Å². The van der Waals surface area contributed by atoms with Crippen molar-refractivity contribution in [3.63, 3.8) is 0 Å². The first-order chi connectivity index (χ1) is 9.22. The van der Waals surface area contributed by atoms with E-state index in [4.69, 9.17) is 0 Å². The maximum Gasteiger partial charge on any atom is 0.0781 e. The largest absolute Gasteiger partial charge is 0.389 e. The lowest BCUT2D eigenvalue weighted by molar-refractivity contribution is 0.200. The third-order valence-corrected chi connectivity index (χ3v) is 3.11. The van der Waals surface area contributed by atoms with E-state index in [1.165, 1.54) is 0 Å². The molecule has 4 heteroatoms. The van der Waals surface area contributed by atoms with E-state index in [1.807, 2.05) is 41.2 Å². The van der Waals surface area contributed by atoms with Crippen molar-refractivity contribution in [3.05, 3.63) is 47.8 Å². The molecule has 0 spiro atoms. The number of aromatic nitrogens is 2. The van der Waals surface area contributed by atoms with Crippen LogP contribution in [0.4, 0.5) is 5.69 Å². The van der Waals surface area contributed by atoms with Gasteiger partial charge in [-0.05, 0) is 25.5 Å². The van der Waals surface area contributed by atoms with Gasteiger partial charge in [-0.3, -0.25) is 4.68 Å². The second kappa shape index (κ2) is 6.38. The van der Waals surface area contributed by atoms with Gasteiger partial charge in [-0.15, -0.1) is 0 Å². The van der Waals surface area contributed by atoms with Gasteiger partial charge in [0, 0.05) is 24.0 Å². The quantitative estimate of drug-likeness (QED) is 0.838. The molecule has 1 unspecified atom stereocenters. The lowest BCUT2D eigenvalue weighted by atomic mass is 10.1. The predicted molar refractivity (Wildman–Crippen MR) is 76.9 cm³/mol. The summed E-state index contributed by atoms with van der Waals surface area (Å²) in [5.74, 6) is 0. The van der Waals surface area contributed by atoms with Crippen LogP contribution in [-0.4, -0.2) is 14.9 Å². The van der Waals surface area contributed by atoms with Crippen molar-refractivity contribution in [1.29, 1.82) is 0 Å². The molecule has 2 N–H and O–H groups in total. The Morgan fingerprint density at radius 3 is 2.84 bits per heavy atom. The Balaban J connectivity index is 2.08. The molecular formula is C15H21N3O. The Kier molecular flexibility index (Phi) is 4.58. The first kappa shape index (κ1) is 13.6. The molecule has 0 bridgehead atoms. The minimum atomic E-state index is -0.468. The van der Waals surface area contributed by atoms with Crippen molar-refractivity contribution < 1.29 is 5.11 Å². The van der Waals surface area contributed by atoms with Crippen LogP contribution in [-0.2, 0) is 13.1 Å². The van der Waals surface area contributed by atoms with Crippen LogP contribution < -0.4 is 5.32 Å². The van der Waals surface area contributed by atoms with Crippen LogP contribution in [0.5, 0.6) is 0 Å². The zero-order valence-electron chi connectivity index (χ0n) is 11.5. The zero-order chi connectivity index (χ0) is 13.7. The highest BCUT2D eigenvalue weighted by molar-refractivity contribution is 5.52. The normalized spacial score (nSPS) is 12.4. The van der Waals surface area contributed by atoms with Crippen molar-refractivity contribution >= 4 is 5.69 Å². The topological polar surface area (TPSA) is 50.1 Å². The van der Waals surface area contributed by atoms with Gasteiger partial charge in [-0.1, -0.05) is 25.1 Å². The summed E-state index contributed by atoms with van der Waals surface area (Å²) in [7, 11) is 0. The second-order valence-electron chi connectivity index (χ2n) is 4.66. The number of nitrogens with one attached hydrogen (secondary N) is 1. The fourth-order valence-electron chi connectivity index (χ4n) is 2.13. The van der Waals surface area contributed by atoms with Crippen LogP contribution in [0.3, 0.4) is 0 Å². The summed E-state index contributed by atoms with van der Waals surface area (Å²) in [6.07, 6.45) is 2.43. The monoisotopic (exact) mass is 259 g/mol. The van der Waals surface area contributed by atoms with Gasteiger partial charge in [0.15, 0.2) is 0 Å². The Bertz CT molecular complexity index is 520. The van der Waals surface area contributed by atoms with Gasteiger partial charge in [0.25, 0.3) is 0 Å². The van der Waals surface area contributed by atoms with E-state index in [9.17, 15) is 5.11 Å². The predicted octanol–water partition coefficient (Wildman–Crippen LogP) is 2.96. The van der Waals surface area contributed by atoms with Gasteiger partial charge in [0.05, 0.1) is 18.3 Å². The number of aliphatic hydroxyl groups is 1. The summed E-state index contributed by atoms with van der Waals surface area (Å²) >= 11 is 0. The highest BCUT2D eigenvalue weighted by atomic mass is 16.3. The standard InChI is InChI=1S/C15H21N3O/c1-3-10-18-13(8-9-17-18)11-16-15-7-5-4-6-14(15)12(2)19/h4-9,12,16,19H,3,10-11H2,1-2H3. The Morgan fingerprint density at radius 1 is 1.32 bits per heavy atom. The number of aryl methyl sites for hydroxylation is 1. The van der Waals surface area contributed by atoms with Gasteiger partial charge in [-0.25, -0.2) is 0 Å². The molecule has 0 aliphatic rings. The molecular weight excluding hydrogens is 238 g/mol. The lowest BCUT2D eigenvalue weighted by Gasteiger charge is -2.14. The van der Waals surface area contributed by atoms with E-state index in [1.54, 1.807) is 6.92 Å². The summed E-state index contributed by atoms with van der Waals surface area (Å²) in [6.45, 7) is 5.56. The summed E-state index contributed by atoms with van der Waals surface area (Å²) in [5.41, 5.74) is 3.05. The number of anilines is 1. The van der Waals surface area contributed by atoms with Crippen LogP contribution in [0.2, 0.25) is 0 Å². The molecule has 19 heavy (non-hydrogen) atoms. The molecule has 1 aromatic heterocycles. The van der Waals surface area contributed by atoms with Crippen molar-refractivity contribution in [3.8, 4) is 0 Å². The molecule has 0 saturated heterocycles. The Hall–Kier alpha value is -1.81. The Morgan fingerprint density at radius 2 is 2.11 bits per heavy atom. The molecule has 1 atom stereocenters. The molecule has 2 aromatic rings. The molecule has 4 nitrogen and oxygen atoms in total. The Labute approximate surface area is 114 Å². The van der Waals surface area contributed by atoms with E-state index >= 15 is 0 Å². The molecule has 2 rings (SSSR count). The summed E-state index contributed by atoms with van der Waals surface area (Å²) < 4.78 is 2.01. The molecule has 0 aliphatic carbocycles. The van der Waals surface area contributed by atoms with Gasteiger partial charge < -0.3 is 10.4 Å². The number of hydrogen-bond acceptors (Lipinski definition) is 3. The van der Waals surface area contributed by atoms with Crippen LogP contribution in [0, 0.1) is 0 Å². The van der Waals surface area contributed by atoms with E-state index in [0.717, 1.165) is 29.9 Å². The van der Waals surface area contributed by atoms with Gasteiger partial charge in [-0.2, -0.15) is 5.10 Å². The maximum atomic E-state index is 9.74. The molecule has 102 valence electrons. The first-order valence-electron chi connectivity index (χ1n) is 6.74. The lowest BCUT2D eigenvalue weighted by Crippen LogP contribution is -2.10. The summed E-state index contributed by atoms with van der Waals surface area (Å²) in [4.78, 5) is 0. The van der Waals surface area contributed by atoms with Crippen LogP contribution >= 0.6 is 0 Å². The average Bonchev–Trinajstić information content (AvgIpc) is 2.84. The van der Waals surface area contributed by atoms with Crippen LogP contribution in [0.15, 0.2) is 36.5 Å². The summed E-state index contributed by atoms with van der Waals surface area (Å²) in [5, 5.41) is 17.4. The van der Waals surface area contributed by atoms with E-state index < -0.39 is 6.10 Å². The highest BCUT2D eigenvalue weighted by Crippen LogP contribution is 2.22. The summed E-state index contributed by atoms with van der Waals surface area (Å²) in [6, 6.07) is 9.86. The SMILES string of the molecule is CCCn1nccc1CNc1ccccc1C(C)O. The van der Waals surface area contributed by atoms with Crippen molar-refractivity contribution in [2.24, 2.45) is 0 Å².